The summed E-state index contributed by atoms with van der Waals surface area (Å²) in [7, 11) is 7.48. The molecule has 9 heteroatoms. The van der Waals surface area contributed by atoms with Crippen LogP contribution >= 0.6 is 0 Å². The summed E-state index contributed by atoms with van der Waals surface area (Å²) < 4.78 is 5.74. The number of piperidine rings is 1. The molecule has 3 aliphatic rings. The van der Waals surface area contributed by atoms with E-state index in [1.54, 1.807) is 18.2 Å². The van der Waals surface area contributed by atoms with Crippen LogP contribution in [0.1, 0.15) is 68.6 Å². The van der Waals surface area contributed by atoms with E-state index in [-0.39, 0.29) is 17.7 Å². The molecule has 0 unspecified atom stereocenters. The molecule has 1 aromatic carbocycles. The first kappa shape index (κ1) is 27.4. The van der Waals surface area contributed by atoms with Crippen molar-refractivity contribution >= 4 is 34.8 Å². The van der Waals surface area contributed by atoms with Gasteiger partial charge in [-0.1, -0.05) is 19.8 Å². The van der Waals surface area contributed by atoms with Crippen LogP contribution in [0.5, 0.6) is 5.75 Å². The predicted molar refractivity (Wildman–Crippen MR) is 154 cm³/mol. The fourth-order valence-electron chi connectivity index (χ4n) is 6.42. The summed E-state index contributed by atoms with van der Waals surface area (Å²) in [5.74, 6) is 2.65. The van der Waals surface area contributed by atoms with Crippen molar-refractivity contribution < 1.29 is 14.3 Å². The van der Waals surface area contributed by atoms with Crippen molar-refractivity contribution in [2.24, 2.45) is 5.92 Å². The predicted octanol–water partition coefficient (Wildman–Crippen LogP) is 4.67. The third-order valence-corrected chi connectivity index (χ3v) is 8.87. The lowest BCUT2D eigenvalue weighted by Crippen LogP contribution is -2.55. The van der Waals surface area contributed by atoms with Gasteiger partial charge in [-0.25, -0.2) is 4.98 Å². The molecule has 39 heavy (non-hydrogen) atoms. The minimum atomic E-state index is -0.219. The lowest BCUT2D eigenvalue weighted by molar-refractivity contribution is -0.120. The SMILES string of the molecule is CC[C@@H]1C(=O)N(C)c2cnc(N(C)c3ccc(C(=O)CC4CCN(C)CC4)cc3OC)nc2N1C1CCCC1. The summed E-state index contributed by atoms with van der Waals surface area (Å²) in [5, 5.41) is 0. The van der Waals surface area contributed by atoms with Crippen LogP contribution in [0.2, 0.25) is 0 Å². The topological polar surface area (TPSA) is 82.1 Å². The molecule has 0 bridgehead atoms. The minimum absolute atomic E-state index is 0.101. The number of amides is 1. The molecule has 1 saturated carbocycles. The number of methoxy groups -OCH3 is 1. The number of anilines is 4. The highest BCUT2D eigenvalue weighted by Crippen LogP contribution is 2.41. The first-order valence-corrected chi connectivity index (χ1v) is 14.4. The van der Waals surface area contributed by atoms with Crippen LogP contribution in [-0.4, -0.2) is 80.0 Å². The summed E-state index contributed by atoms with van der Waals surface area (Å²) in [6, 6.07) is 5.73. The van der Waals surface area contributed by atoms with Crippen LogP contribution in [0.4, 0.5) is 23.1 Å². The Morgan fingerprint density at radius 1 is 1.13 bits per heavy atom. The van der Waals surface area contributed by atoms with E-state index in [0.717, 1.165) is 62.4 Å². The second-order valence-corrected chi connectivity index (χ2v) is 11.4. The maximum atomic E-state index is 13.2. The number of likely N-dealkylation sites (N-methyl/N-ethyl adjacent to an activating group) is 1. The maximum Gasteiger partial charge on any atom is 0.249 e. The molecule has 1 aromatic heterocycles. The van der Waals surface area contributed by atoms with Gasteiger partial charge in [0.15, 0.2) is 11.6 Å². The number of nitrogens with zero attached hydrogens (tertiary/aromatic N) is 6. The normalized spacial score (nSPS) is 20.8. The van der Waals surface area contributed by atoms with Crippen LogP contribution in [0.3, 0.4) is 0 Å². The minimum Gasteiger partial charge on any atom is -0.495 e. The molecule has 2 aliphatic heterocycles. The monoisotopic (exact) mass is 534 g/mol. The van der Waals surface area contributed by atoms with Crippen LogP contribution in [0.25, 0.3) is 0 Å². The standard InChI is InChI=1S/C30H42N6O3/c1-6-23-29(38)34(3)25-19-31-30(32-28(25)36(23)22-9-7-8-10-22)35(4)24-12-11-21(18-27(24)39-5)26(37)17-20-13-15-33(2)16-14-20/h11-12,18-20,22-23H,6-10,13-17H2,1-5H3/t23-/m1/s1. The molecule has 1 aliphatic carbocycles. The average Bonchev–Trinajstić information content (AvgIpc) is 3.49. The number of carbonyl (C=O) groups excluding carboxylic acids is 2. The smallest absolute Gasteiger partial charge is 0.249 e. The van der Waals surface area contributed by atoms with Gasteiger partial charge >= 0.3 is 0 Å². The highest BCUT2D eigenvalue weighted by atomic mass is 16.5. The van der Waals surface area contributed by atoms with Gasteiger partial charge in [0.25, 0.3) is 0 Å². The summed E-state index contributed by atoms with van der Waals surface area (Å²) in [6.07, 6.45) is 9.68. The number of likely N-dealkylation sites (tertiary alicyclic amines) is 1. The van der Waals surface area contributed by atoms with Gasteiger partial charge in [-0.3, -0.25) is 9.59 Å². The molecule has 5 rings (SSSR count). The zero-order chi connectivity index (χ0) is 27.7. The number of aromatic nitrogens is 2. The van der Waals surface area contributed by atoms with Crippen molar-refractivity contribution in [2.75, 3.05) is 56.0 Å². The van der Waals surface area contributed by atoms with Gasteiger partial charge in [0, 0.05) is 32.1 Å². The van der Waals surface area contributed by atoms with E-state index in [9.17, 15) is 9.59 Å². The van der Waals surface area contributed by atoms with Crippen molar-refractivity contribution in [3.63, 3.8) is 0 Å². The van der Waals surface area contributed by atoms with E-state index in [1.807, 2.05) is 37.2 Å². The lowest BCUT2D eigenvalue weighted by atomic mass is 9.90. The van der Waals surface area contributed by atoms with Crippen molar-refractivity contribution in [1.29, 1.82) is 0 Å². The summed E-state index contributed by atoms with van der Waals surface area (Å²) in [4.78, 5) is 44.2. The van der Waals surface area contributed by atoms with Gasteiger partial charge in [-0.15, -0.1) is 0 Å². The van der Waals surface area contributed by atoms with Crippen LogP contribution in [-0.2, 0) is 4.79 Å². The molecule has 0 spiro atoms. The zero-order valence-corrected chi connectivity index (χ0v) is 24.0. The van der Waals surface area contributed by atoms with Gasteiger partial charge < -0.3 is 24.3 Å². The third kappa shape index (κ3) is 5.33. The molecule has 0 N–H and O–H groups in total. The van der Waals surface area contributed by atoms with Crippen molar-refractivity contribution in [2.45, 2.75) is 70.4 Å². The summed E-state index contributed by atoms with van der Waals surface area (Å²) in [6.45, 7) is 4.16. The van der Waals surface area contributed by atoms with Gasteiger partial charge in [0.2, 0.25) is 11.9 Å². The summed E-state index contributed by atoms with van der Waals surface area (Å²) in [5.41, 5.74) is 2.20. The molecular weight excluding hydrogens is 492 g/mol. The van der Waals surface area contributed by atoms with Gasteiger partial charge in [0.05, 0.1) is 19.0 Å². The lowest BCUT2D eigenvalue weighted by Gasteiger charge is -2.43. The Labute approximate surface area is 232 Å². The van der Waals surface area contributed by atoms with Gasteiger partial charge in [0.1, 0.15) is 17.5 Å². The number of fused-ring (bicyclic) bond motifs is 1. The van der Waals surface area contributed by atoms with Crippen molar-refractivity contribution in [1.82, 2.24) is 14.9 Å². The van der Waals surface area contributed by atoms with Crippen LogP contribution < -0.4 is 19.4 Å². The van der Waals surface area contributed by atoms with E-state index in [2.05, 4.69) is 28.8 Å². The van der Waals surface area contributed by atoms with E-state index < -0.39 is 0 Å². The van der Waals surface area contributed by atoms with Crippen LogP contribution in [0.15, 0.2) is 24.4 Å². The second kappa shape index (κ2) is 11.5. The highest BCUT2D eigenvalue weighted by Gasteiger charge is 2.41. The average molecular weight is 535 g/mol. The van der Waals surface area contributed by atoms with E-state index in [4.69, 9.17) is 9.72 Å². The molecule has 0 radical (unpaired) electrons. The fraction of sp³-hybridized carbons (Fsp3) is 0.600. The molecule has 9 nitrogen and oxygen atoms in total. The molecule has 1 saturated heterocycles. The first-order valence-electron chi connectivity index (χ1n) is 14.4. The Kier molecular flexibility index (Phi) is 8.07. The Morgan fingerprint density at radius 3 is 2.51 bits per heavy atom. The highest BCUT2D eigenvalue weighted by molar-refractivity contribution is 6.04. The first-order chi connectivity index (χ1) is 18.8. The molecule has 1 atom stereocenters. The number of benzene rings is 1. The number of Topliss-reactive ketones (excluding diaryl/α,β-unsaturated/α-hetero) is 1. The van der Waals surface area contributed by atoms with E-state index >= 15 is 0 Å². The number of carbonyl (C=O) groups is 2. The zero-order valence-electron chi connectivity index (χ0n) is 24.0. The number of hydrogen-bond acceptors (Lipinski definition) is 8. The maximum absolute atomic E-state index is 13.2. The second-order valence-electron chi connectivity index (χ2n) is 11.4. The largest absolute Gasteiger partial charge is 0.495 e. The van der Waals surface area contributed by atoms with E-state index in [0.29, 0.717) is 35.6 Å². The van der Waals surface area contributed by atoms with Crippen molar-refractivity contribution in [3.05, 3.63) is 30.0 Å². The number of rotatable bonds is 8. The Bertz CT molecular complexity index is 1210. The Morgan fingerprint density at radius 2 is 1.85 bits per heavy atom. The third-order valence-electron chi connectivity index (χ3n) is 8.87. The fourth-order valence-corrected chi connectivity index (χ4v) is 6.42. The molecular formula is C30H42N6O3. The Balaban J connectivity index is 1.42. The Hall–Kier alpha value is -3.20. The summed E-state index contributed by atoms with van der Waals surface area (Å²) >= 11 is 0. The molecule has 210 valence electrons. The van der Waals surface area contributed by atoms with Crippen molar-refractivity contribution in [3.8, 4) is 5.75 Å². The molecule has 1 amide bonds. The number of ketones is 1. The van der Waals surface area contributed by atoms with Crippen LogP contribution in [0, 0.1) is 5.92 Å². The van der Waals surface area contributed by atoms with Gasteiger partial charge in [-0.05, 0) is 76.4 Å². The number of ether oxygens (including phenoxy) is 1. The number of hydrogen-bond donors (Lipinski definition) is 0. The molecule has 2 aromatic rings. The quantitative estimate of drug-likeness (QED) is 0.452. The molecule has 3 heterocycles. The van der Waals surface area contributed by atoms with E-state index in [1.165, 1.54) is 12.8 Å². The molecule has 2 fully saturated rings. The van der Waals surface area contributed by atoms with Gasteiger partial charge in [-0.2, -0.15) is 4.98 Å².